The Balaban J connectivity index is 2.03. The minimum absolute atomic E-state index is 0.0220. The molecular weight excluding hydrogens is 242 g/mol. The largest absolute Gasteiger partial charge is 0.382 e. The van der Waals surface area contributed by atoms with Gasteiger partial charge >= 0.3 is 0 Å². The third-order valence-electron chi connectivity index (χ3n) is 3.84. The molecule has 1 aliphatic rings. The van der Waals surface area contributed by atoms with E-state index in [4.69, 9.17) is 4.74 Å². The second-order valence-electron chi connectivity index (χ2n) is 5.30. The van der Waals surface area contributed by atoms with Gasteiger partial charge in [0.05, 0.1) is 18.1 Å². The molecule has 0 aliphatic heterocycles. The summed E-state index contributed by atoms with van der Waals surface area (Å²) in [6, 6.07) is 0. The summed E-state index contributed by atoms with van der Waals surface area (Å²) in [7, 11) is 1.68. The van der Waals surface area contributed by atoms with Gasteiger partial charge in [-0.1, -0.05) is 12.8 Å². The van der Waals surface area contributed by atoms with Crippen molar-refractivity contribution in [2.45, 2.75) is 44.1 Å². The Kier molecular flexibility index (Phi) is 4.47. The van der Waals surface area contributed by atoms with Crippen molar-refractivity contribution in [2.75, 3.05) is 13.7 Å². The maximum Gasteiger partial charge on any atom is 0.227 e. The molecule has 0 spiro atoms. The molecule has 1 unspecified atom stereocenters. The van der Waals surface area contributed by atoms with Crippen LogP contribution >= 0.6 is 0 Å². The Bertz CT molecular complexity index is 416. The minimum Gasteiger partial charge on any atom is -0.382 e. The summed E-state index contributed by atoms with van der Waals surface area (Å²) in [6.45, 7) is 2.46. The Morgan fingerprint density at radius 2 is 2.05 bits per heavy atom. The van der Waals surface area contributed by atoms with Crippen LogP contribution in [-0.4, -0.2) is 35.1 Å². The molecule has 1 fully saturated rings. The maximum absolute atomic E-state index is 12.4. The second-order valence-corrected chi connectivity index (χ2v) is 5.30. The van der Waals surface area contributed by atoms with Crippen molar-refractivity contribution >= 4 is 5.91 Å². The van der Waals surface area contributed by atoms with Gasteiger partial charge in [-0.3, -0.25) is 4.79 Å². The van der Waals surface area contributed by atoms with Crippen molar-refractivity contribution in [2.24, 2.45) is 0 Å². The number of ether oxygens (including phenoxy) is 1. The Morgan fingerprint density at radius 3 is 2.63 bits per heavy atom. The topological polar surface area (TPSA) is 64.1 Å². The molecule has 1 saturated carbocycles. The van der Waals surface area contributed by atoms with E-state index in [-0.39, 0.29) is 17.4 Å². The van der Waals surface area contributed by atoms with E-state index in [1.807, 2.05) is 6.92 Å². The van der Waals surface area contributed by atoms with Crippen molar-refractivity contribution in [1.29, 1.82) is 0 Å². The highest BCUT2D eigenvalue weighted by molar-refractivity contribution is 5.83. The van der Waals surface area contributed by atoms with Gasteiger partial charge in [0.25, 0.3) is 0 Å². The van der Waals surface area contributed by atoms with E-state index in [1.165, 1.54) is 6.33 Å². The second kappa shape index (κ2) is 6.10. The monoisotopic (exact) mass is 263 g/mol. The zero-order chi connectivity index (χ0) is 13.7. The van der Waals surface area contributed by atoms with Crippen LogP contribution < -0.4 is 5.32 Å². The Labute approximate surface area is 113 Å². The first-order valence-electron chi connectivity index (χ1n) is 6.73. The quantitative estimate of drug-likeness (QED) is 0.877. The van der Waals surface area contributed by atoms with Gasteiger partial charge in [-0.25, -0.2) is 9.97 Å². The smallest absolute Gasteiger partial charge is 0.227 e. The molecule has 5 heteroatoms. The van der Waals surface area contributed by atoms with Gasteiger partial charge in [0.2, 0.25) is 5.91 Å². The highest BCUT2D eigenvalue weighted by atomic mass is 16.5. The van der Waals surface area contributed by atoms with Gasteiger partial charge in [0.1, 0.15) is 6.33 Å². The first-order valence-corrected chi connectivity index (χ1v) is 6.73. The van der Waals surface area contributed by atoms with Gasteiger partial charge in [-0.15, -0.1) is 0 Å². The molecule has 2 rings (SSSR count). The highest BCUT2D eigenvalue weighted by Crippen LogP contribution is 2.30. The van der Waals surface area contributed by atoms with Crippen LogP contribution in [0.25, 0.3) is 0 Å². The van der Waals surface area contributed by atoms with E-state index < -0.39 is 0 Å². The Hall–Kier alpha value is -1.49. The number of amides is 1. The molecule has 1 aromatic rings. The average molecular weight is 263 g/mol. The summed E-state index contributed by atoms with van der Waals surface area (Å²) in [5.74, 6) is -0.218. The van der Waals surface area contributed by atoms with Gasteiger partial charge in [0.15, 0.2) is 0 Å². The van der Waals surface area contributed by atoms with Crippen LogP contribution in [-0.2, 0) is 9.53 Å². The fourth-order valence-corrected chi connectivity index (χ4v) is 2.69. The molecule has 1 N–H and O–H groups in total. The van der Waals surface area contributed by atoms with E-state index in [1.54, 1.807) is 19.5 Å². The zero-order valence-corrected chi connectivity index (χ0v) is 11.6. The number of nitrogens with zero attached hydrogens (tertiary/aromatic N) is 2. The molecule has 5 nitrogen and oxygen atoms in total. The lowest BCUT2D eigenvalue weighted by molar-refractivity contribution is -0.124. The van der Waals surface area contributed by atoms with Gasteiger partial charge in [-0.2, -0.15) is 0 Å². The highest BCUT2D eigenvalue weighted by Gasteiger charge is 2.36. The number of hydrogen-bond donors (Lipinski definition) is 1. The summed E-state index contributed by atoms with van der Waals surface area (Å²) in [6.07, 6.45) is 9.12. The standard InChI is InChI=1S/C14H21N3O2/c1-11(12-7-15-10-16-8-12)13(18)17-14(9-19-2)5-3-4-6-14/h7-8,10-11H,3-6,9H2,1-2H3,(H,17,18). The third kappa shape index (κ3) is 3.29. The fraction of sp³-hybridized carbons (Fsp3) is 0.643. The lowest BCUT2D eigenvalue weighted by atomic mass is 9.96. The zero-order valence-electron chi connectivity index (χ0n) is 11.6. The number of aromatic nitrogens is 2. The van der Waals surface area contributed by atoms with Gasteiger partial charge in [0, 0.05) is 25.1 Å². The maximum atomic E-state index is 12.4. The summed E-state index contributed by atoms with van der Waals surface area (Å²) in [5, 5.41) is 3.17. The number of nitrogens with one attached hydrogen (secondary N) is 1. The third-order valence-corrected chi connectivity index (χ3v) is 3.84. The molecule has 1 atom stereocenters. The number of carbonyl (C=O) groups excluding carboxylic acids is 1. The van der Waals surface area contributed by atoms with Crippen molar-refractivity contribution in [3.05, 3.63) is 24.3 Å². The molecule has 1 heterocycles. The van der Waals surface area contributed by atoms with Gasteiger partial charge < -0.3 is 10.1 Å². The van der Waals surface area contributed by atoms with Crippen molar-refractivity contribution in [3.8, 4) is 0 Å². The average Bonchev–Trinajstić information content (AvgIpc) is 2.87. The van der Waals surface area contributed by atoms with E-state index in [9.17, 15) is 4.79 Å². The molecule has 0 radical (unpaired) electrons. The van der Waals surface area contributed by atoms with Crippen LogP contribution in [0.5, 0.6) is 0 Å². The number of carbonyl (C=O) groups is 1. The first-order chi connectivity index (χ1) is 9.17. The van der Waals surface area contributed by atoms with E-state index in [2.05, 4.69) is 15.3 Å². The van der Waals surface area contributed by atoms with Crippen molar-refractivity contribution in [1.82, 2.24) is 15.3 Å². The normalized spacial score (nSPS) is 19.1. The molecule has 0 saturated heterocycles. The molecule has 1 aliphatic carbocycles. The summed E-state index contributed by atoms with van der Waals surface area (Å²) >= 11 is 0. The fourth-order valence-electron chi connectivity index (χ4n) is 2.69. The lowest BCUT2D eigenvalue weighted by Crippen LogP contribution is -2.50. The van der Waals surface area contributed by atoms with Crippen LogP contribution in [0.1, 0.15) is 44.1 Å². The SMILES string of the molecule is COCC1(NC(=O)C(C)c2cncnc2)CCCC1. The number of methoxy groups -OCH3 is 1. The molecule has 1 aromatic heterocycles. The molecular formula is C14H21N3O2. The van der Waals surface area contributed by atoms with Crippen LogP contribution in [0.2, 0.25) is 0 Å². The van der Waals surface area contributed by atoms with Crippen LogP contribution in [0.3, 0.4) is 0 Å². The van der Waals surface area contributed by atoms with E-state index in [0.717, 1.165) is 31.2 Å². The van der Waals surface area contributed by atoms with E-state index >= 15 is 0 Å². The van der Waals surface area contributed by atoms with Crippen LogP contribution in [0.4, 0.5) is 0 Å². The van der Waals surface area contributed by atoms with E-state index in [0.29, 0.717) is 6.61 Å². The number of rotatable bonds is 5. The minimum atomic E-state index is -0.240. The predicted molar refractivity (Wildman–Crippen MR) is 71.7 cm³/mol. The molecule has 104 valence electrons. The molecule has 19 heavy (non-hydrogen) atoms. The molecule has 0 bridgehead atoms. The Morgan fingerprint density at radius 1 is 1.42 bits per heavy atom. The summed E-state index contributed by atoms with van der Waals surface area (Å²) in [4.78, 5) is 20.3. The first kappa shape index (κ1) is 13.9. The summed E-state index contributed by atoms with van der Waals surface area (Å²) < 4.78 is 5.28. The van der Waals surface area contributed by atoms with Crippen LogP contribution in [0.15, 0.2) is 18.7 Å². The predicted octanol–water partition coefficient (Wildman–Crippen LogP) is 1.66. The molecule has 1 amide bonds. The van der Waals surface area contributed by atoms with Gasteiger partial charge in [-0.05, 0) is 19.8 Å². The lowest BCUT2D eigenvalue weighted by Gasteiger charge is -2.30. The number of hydrogen-bond acceptors (Lipinski definition) is 4. The molecule has 0 aromatic carbocycles. The van der Waals surface area contributed by atoms with Crippen LogP contribution in [0, 0.1) is 0 Å². The van der Waals surface area contributed by atoms with Crippen molar-refractivity contribution < 1.29 is 9.53 Å². The van der Waals surface area contributed by atoms with Crippen molar-refractivity contribution in [3.63, 3.8) is 0 Å². The summed E-state index contributed by atoms with van der Waals surface area (Å²) in [5.41, 5.74) is 0.654.